The highest BCUT2D eigenvalue weighted by molar-refractivity contribution is 5.55. The van der Waals surface area contributed by atoms with Crippen molar-refractivity contribution < 1.29 is 9.15 Å². The molecule has 0 radical (unpaired) electrons. The van der Waals surface area contributed by atoms with Crippen molar-refractivity contribution in [1.82, 2.24) is 20.0 Å². The second-order valence-corrected chi connectivity index (χ2v) is 5.31. The van der Waals surface area contributed by atoms with E-state index < -0.39 is 0 Å². The Morgan fingerprint density at radius 3 is 2.76 bits per heavy atom. The molecular formula is C15H20N4O2. The lowest BCUT2D eigenvalue weighted by atomic mass is 10.2. The van der Waals surface area contributed by atoms with Crippen molar-refractivity contribution in [1.29, 1.82) is 0 Å². The van der Waals surface area contributed by atoms with E-state index in [1.807, 2.05) is 24.3 Å². The molecule has 1 fully saturated rings. The van der Waals surface area contributed by atoms with E-state index in [0.717, 1.165) is 37.5 Å². The molecule has 1 aliphatic heterocycles. The molecule has 0 N–H and O–H groups in total. The summed E-state index contributed by atoms with van der Waals surface area (Å²) in [5.74, 6) is 1.99. The van der Waals surface area contributed by atoms with E-state index in [2.05, 4.69) is 27.0 Å². The lowest BCUT2D eigenvalue weighted by Crippen LogP contribution is -2.43. The lowest BCUT2D eigenvalue weighted by Gasteiger charge is -2.31. The highest BCUT2D eigenvalue weighted by atomic mass is 16.5. The van der Waals surface area contributed by atoms with Gasteiger partial charge in [0.25, 0.3) is 0 Å². The third-order valence-corrected chi connectivity index (χ3v) is 3.74. The van der Waals surface area contributed by atoms with Crippen molar-refractivity contribution in [3.63, 3.8) is 0 Å². The fourth-order valence-corrected chi connectivity index (χ4v) is 2.39. The first-order chi connectivity index (χ1) is 10.2. The van der Waals surface area contributed by atoms with Crippen LogP contribution >= 0.6 is 0 Å². The molecule has 2 aromatic rings. The van der Waals surface area contributed by atoms with Crippen LogP contribution in [0.3, 0.4) is 0 Å². The van der Waals surface area contributed by atoms with Crippen LogP contribution < -0.4 is 4.74 Å². The van der Waals surface area contributed by atoms with E-state index in [1.165, 1.54) is 0 Å². The zero-order valence-electron chi connectivity index (χ0n) is 12.5. The molecule has 0 atom stereocenters. The standard InChI is InChI=1S/C15H20N4O2/c1-18-6-8-19(9-7-18)11-14-16-17-15(21-14)12-4-3-5-13(10-12)20-2/h3-5,10H,6-9,11H2,1-2H3. The van der Waals surface area contributed by atoms with Crippen molar-refractivity contribution >= 4 is 0 Å². The summed E-state index contributed by atoms with van der Waals surface area (Å²) in [4.78, 5) is 4.66. The van der Waals surface area contributed by atoms with Crippen molar-refractivity contribution in [3.8, 4) is 17.2 Å². The molecule has 0 unspecified atom stereocenters. The third-order valence-electron chi connectivity index (χ3n) is 3.74. The van der Waals surface area contributed by atoms with Crippen LogP contribution in [-0.4, -0.2) is 60.3 Å². The molecule has 1 saturated heterocycles. The topological polar surface area (TPSA) is 54.6 Å². The fourth-order valence-electron chi connectivity index (χ4n) is 2.39. The van der Waals surface area contributed by atoms with Crippen LogP contribution in [0.4, 0.5) is 0 Å². The van der Waals surface area contributed by atoms with E-state index in [9.17, 15) is 0 Å². The number of hydrogen-bond donors (Lipinski definition) is 0. The fraction of sp³-hybridized carbons (Fsp3) is 0.467. The first kappa shape index (κ1) is 14.0. The van der Waals surface area contributed by atoms with Gasteiger partial charge in [0, 0.05) is 31.7 Å². The van der Waals surface area contributed by atoms with Crippen LogP contribution in [0.2, 0.25) is 0 Å². The summed E-state index contributed by atoms with van der Waals surface area (Å²) in [6.45, 7) is 4.94. The minimum atomic E-state index is 0.540. The number of piperazine rings is 1. The van der Waals surface area contributed by atoms with Crippen molar-refractivity contribution in [2.24, 2.45) is 0 Å². The Bertz CT molecular complexity index is 591. The molecule has 21 heavy (non-hydrogen) atoms. The maximum atomic E-state index is 5.77. The Morgan fingerprint density at radius 1 is 1.19 bits per heavy atom. The minimum Gasteiger partial charge on any atom is -0.497 e. The van der Waals surface area contributed by atoms with Crippen LogP contribution in [0.5, 0.6) is 5.75 Å². The average molecular weight is 288 g/mol. The highest BCUT2D eigenvalue weighted by Crippen LogP contribution is 2.23. The molecule has 6 nitrogen and oxygen atoms in total. The van der Waals surface area contributed by atoms with Gasteiger partial charge < -0.3 is 14.1 Å². The number of ether oxygens (including phenoxy) is 1. The summed E-state index contributed by atoms with van der Waals surface area (Å²) in [5.41, 5.74) is 0.881. The van der Waals surface area contributed by atoms with Gasteiger partial charge in [0.15, 0.2) is 0 Å². The van der Waals surface area contributed by atoms with E-state index in [-0.39, 0.29) is 0 Å². The maximum Gasteiger partial charge on any atom is 0.247 e. The second-order valence-electron chi connectivity index (χ2n) is 5.31. The van der Waals surface area contributed by atoms with Crippen molar-refractivity contribution in [3.05, 3.63) is 30.2 Å². The number of aromatic nitrogens is 2. The maximum absolute atomic E-state index is 5.77. The summed E-state index contributed by atoms with van der Waals surface area (Å²) >= 11 is 0. The molecule has 2 heterocycles. The summed E-state index contributed by atoms with van der Waals surface area (Å²) in [5, 5.41) is 8.28. The molecule has 3 rings (SSSR count). The predicted molar refractivity (Wildman–Crippen MR) is 79.1 cm³/mol. The van der Waals surface area contributed by atoms with Gasteiger partial charge in [-0.05, 0) is 25.2 Å². The molecule has 6 heteroatoms. The monoisotopic (exact) mass is 288 g/mol. The van der Waals surface area contributed by atoms with Gasteiger partial charge in [-0.15, -0.1) is 10.2 Å². The SMILES string of the molecule is COc1cccc(-c2nnc(CN3CCN(C)CC3)o2)c1. The van der Waals surface area contributed by atoms with Gasteiger partial charge in [-0.1, -0.05) is 6.07 Å². The molecule has 1 aromatic carbocycles. The molecule has 0 aliphatic carbocycles. The minimum absolute atomic E-state index is 0.540. The number of benzene rings is 1. The van der Waals surface area contributed by atoms with Gasteiger partial charge in [-0.3, -0.25) is 4.90 Å². The highest BCUT2D eigenvalue weighted by Gasteiger charge is 2.17. The van der Waals surface area contributed by atoms with Gasteiger partial charge in [0.1, 0.15) is 5.75 Å². The molecule has 112 valence electrons. The van der Waals surface area contributed by atoms with E-state index in [4.69, 9.17) is 9.15 Å². The van der Waals surface area contributed by atoms with Crippen LogP contribution in [0.15, 0.2) is 28.7 Å². The molecule has 1 aliphatic rings. The Morgan fingerprint density at radius 2 is 2.00 bits per heavy atom. The quantitative estimate of drug-likeness (QED) is 0.849. The number of likely N-dealkylation sites (N-methyl/N-ethyl adjacent to an activating group) is 1. The van der Waals surface area contributed by atoms with Crippen LogP contribution in [0.1, 0.15) is 5.89 Å². The van der Waals surface area contributed by atoms with Gasteiger partial charge >= 0.3 is 0 Å². The number of rotatable bonds is 4. The van der Waals surface area contributed by atoms with Gasteiger partial charge in [-0.25, -0.2) is 0 Å². The summed E-state index contributed by atoms with van der Waals surface area (Å²) in [7, 11) is 3.79. The zero-order valence-corrected chi connectivity index (χ0v) is 12.5. The molecular weight excluding hydrogens is 268 g/mol. The van der Waals surface area contributed by atoms with E-state index in [1.54, 1.807) is 7.11 Å². The first-order valence-corrected chi connectivity index (χ1v) is 7.12. The molecule has 0 amide bonds. The van der Waals surface area contributed by atoms with E-state index in [0.29, 0.717) is 18.3 Å². The Kier molecular flexibility index (Phi) is 4.17. The Balaban J connectivity index is 1.68. The lowest BCUT2D eigenvalue weighted by molar-refractivity contribution is 0.138. The first-order valence-electron chi connectivity index (χ1n) is 7.12. The van der Waals surface area contributed by atoms with Crippen molar-refractivity contribution in [2.45, 2.75) is 6.54 Å². The average Bonchev–Trinajstić information content (AvgIpc) is 2.98. The largest absolute Gasteiger partial charge is 0.497 e. The molecule has 0 saturated carbocycles. The second kappa shape index (κ2) is 6.24. The summed E-state index contributed by atoms with van der Waals surface area (Å²) < 4.78 is 11.0. The van der Waals surface area contributed by atoms with E-state index >= 15 is 0 Å². The normalized spacial score (nSPS) is 17.0. The predicted octanol–water partition coefficient (Wildman–Crippen LogP) is 1.49. The van der Waals surface area contributed by atoms with Crippen LogP contribution in [0.25, 0.3) is 11.5 Å². The molecule has 0 spiro atoms. The molecule has 1 aromatic heterocycles. The van der Waals surface area contributed by atoms with Gasteiger partial charge in [0.2, 0.25) is 11.8 Å². The van der Waals surface area contributed by atoms with Gasteiger partial charge in [0.05, 0.1) is 13.7 Å². The van der Waals surface area contributed by atoms with Gasteiger partial charge in [-0.2, -0.15) is 0 Å². The van der Waals surface area contributed by atoms with Crippen LogP contribution in [0, 0.1) is 0 Å². The summed E-state index contributed by atoms with van der Waals surface area (Å²) in [6.07, 6.45) is 0. The summed E-state index contributed by atoms with van der Waals surface area (Å²) in [6, 6.07) is 7.65. The number of methoxy groups -OCH3 is 1. The number of nitrogens with zero attached hydrogens (tertiary/aromatic N) is 4. The Hall–Kier alpha value is -1.92. The third kappa shape index (κ3) is 3.40. The Labute approximate surface area is 124 Å². The van der Waals surface area contributed by atoms with Crippen LogP contribution in [-0.2, 0) is 6.54 Å². The smallest absolute Gasteiger partial charge is 0.247 e. The molecule has 0 bridgehead atoms. The van der Waals surface area contributed by atoms with Crippen molar-refractivity contribution in [2.75, 3.05) is 40.3 Å². The zero-order chi connectivity index (χ0) is 14.7. The number of hydrogen-bond acceptors (Lipinski definition) is 6.